The third-order valence-electron chi connectivity index (χ3n) is 3.44. The first-order chi connectivity index (χ1) is 11.5. The first-order valence-corrected chi connectivity index (χ1v) is 7.84. The number of halogens is 1. The second kappa shape index (κ2) is 8.19. The molecule has 0 atom stereocenters. The Bertz CT molecular complexity index is 822. The van der Waals surface area contributed by atoms with Crippen LogP contribution in [0.25, 0.3) is 0 Å². The minimum Gasteiger partial charge on any atom is -0.386 e. The number of carbonyl (C=O) groups is 1. The Hall–Kier alpha value is -2.77. The van der Waals surface area contributed by atoms with Crippen molar-refractivity contribution in [3.63, 3.8) is 0 Å². The Balaban J connectivity index is 2.01. The summed E-state index contributed by atoms with van der Waals surface area (Å²) in [6.07, 6.45) is 1.42. The van der Waals surface area contributed by atoms with Crippen LogP contribution in [0, 0.1) is 25.2 Å². The van der Waals surface area contributed by atoms with Gasteiger partial charge in [0.1, 0.15) is 11.6 Å². The number of hydrogen-bond donors (Lipinski definition) is 2. The van der Waals surface area contributed by atoms with E-state index in [2.05, 4.69) is 10.6 Å². The summed E-state index contributed by atoms with van der Waals surface area (Å²) in [4.78, 5) is 12.2. The van der Waals surface area contributed by atoms with E-state index >= 15 is 0 Å². The van der Waals surface area contributed by atoms with Crippen molar-refractivity contribution in [3.05, 3.63) is 76.0 Å². The van der Waals surface area contributed by atoms with Crippen LogP contribution in [0.4, 0.5) is 5.69 Å². The molecule has 2 N–H and O–H groups in total. The highest BCUT2D eigenvalue weighted by Gasteiger charge is 2.10. The first-order valence-electron chi connectivity index (χ1n) is 7.46. The molecule has 0 aromatic heterocycles. The van der Waals surface area contributed by atoms with Crippen LogP contribution in [0.3, 0.4) is 0 Å². The molecule has 1 amide bonds. The zero-order valence-electron chi connectivity index (χ0n) is 13.6. The smallest absolute Gasteiger partial charge is 0.267 e. The van der Waals surface area contributed by atoms with E-state index in [1.165, 1.54) is 6.20 Å². The Morgan fingerprint density at radius 3 is 2.71 bits per heavy atom. The van der Waals surface area contributed by atoms with Crippen molar-refractivity contribution in [3.8, 4) is 6.07 Å². The number of carbonyl (C=O) groups excluding carboxylic acids is 1. The predicted octanol–water partition coefficient (Wildman–Crippen LogP) is 4.09. The van der Waals surface area contributed by atoms with Gasteiger partial charge in [-0.25, -0.2) is 0 Å². The number of aryl methyl sites for hydroxylation is 2. The van der Waals surface area contributed by atoms with Gasteiger partial charge in [0.2, 0.25) is 0 Å². The van der Waals surface area contributed by atoms with Gasteiger partial charge in [-0.05, 0) is 43.2 Å². The number of rotatable bonds is 5. The van der Waals surface area contributed by atoms with E-state index in [1.807, 2.05) is 56.3 Å². The molecular formula is C19H18ClN3O. The highest BCUT2D eigenvalue weighted by molar-refractivity contribution is 6.30. The lowest BCUT2D eigenvalue weighted by Crippen LogP contribution is -2.17. The monoisotopic (exact) mass is 339 g/mol. The number of nitriles is 1. The van der Waals surface area contributed by atoms with Crippen molar-refractivity contribution in [2.24, 2.45) is 0 Å². The molecule has 0 saturated heterocycles. The molecule has 24 heavy (non-hydrogen) atoms. The average molecular weight is 340 g/mol. The van der Waals surface area contributed by atoms with Gasteiger partial charge in [-0.3, -0.25) is 4.79 Å². The Labute approximate surface area is 146 Å². The number of nitrogens with zero attached hydrogens (tertiary/aromatic N) is 1. The molecule has 2 aromatic rings. The largest absolute Gasteiger partial charge is 0.386 e. The predicted molar refractivity (Wildman–Crippen MR) is 96.5 cm³/mol. The van der Waals surface area contributed by atoms with E-state index in [-0.39, 0.29) is 5.57 Å². The van der Waals surface area contributed by atoms with Crippen LogP contribution < -0.4 is 10.6 Å². The van der Waals surface area contributed by atoms with E-state index < -0.39 is 5.91 Å². The highest BCUT2D eigenvalue weighted by Crippen LogP contribution is 2.16. The van der Waals surface area contributed by atoms with Crippen LogP contribution in [-0.4, -0.2) is 5.91 Å². The lowest BCUT2D eigenvalue weighted by atomic mass is 10.1. The summed E-state index contributed by atoms with van der Waals surface area (Å²) < 4.78 is 0. The van der Waals surface area contributed by atoms with Gasteiger partial charge in [0.05, 0.1) is 0 Å². The van der Waals surface area contributed by atoms with Gasteiger partial charge in [-0.1, -0.05) is 41.4 Å². The molecule has 122 valence electrons. The molecule has 0 saturated carbocycles. The first kappa shape index (κ1) is 17.6. The minimum atomic E-state index is -0.442. The lowest BCUT2D eigenvalue weighted by Gasteiger charge is -2.09. The maximum Gasteiger partial charge on any atom is 0.267 e. The van der Waals surface area contributed by atoms with Gasteiger partial charge >= 0.3 is 0 Å². The van der Waals surface area contributed by atoms with Crippen LogP contribution in [0.15, 0.2) is 54.2 Å². The molecule has 0 fully saturated rings. The fraction of sp³-hybridized carbons (Fsp3) is 0.158. The van der Waals surface area contributed by atoms with E-state index in [0.717, 1.165) is 16.7 Å². The maximum absolute atomic E-state index is 12.2. The molecule has 0 aliphatic rings. The number of anilines is 1. The van der Waals surface area contributed by atoms with Crippen LogP contribution in [0.2, 0.25) is 5.02 Å². The van der Waals surface area contributed by atoms with E-state index in [4.69, 9.17) is 11.6 Å². The van der Waals surface area contributed by atoms with Crippen molar-refractivity contribution >= 4 is 23.2 Å². The molecule has 0 radical (unpaired) electrons. The highest BCUT2D eigenvalue weighted by atomic mass is 35.5. The maximum atomic E-state index is 12.2. The van der Waals surface area contributed by atoms with Crippen LogP contribution >= 0.6 is 11.6 Å². The zero-order chi connectivity index (χ0) is 17.5. The summed E-state index contributed by atoms with van der Waals surface area (Å²) in [5.74, 6) is -0.442. The second-order valence-electron chi connectivity index (χ2n) is 5.45. The molecule has 2 aromatic carbocycles. The van der Waals surface area contributed by atoms with Gasteiger partial charge in [0.25, 0.3) is 5.91 Å². The molecule has 0 aliphatic heterocycles. The van der Waals surface area contributed by atoms with E-state index in [0.29, 0.717) is 17.3 Å². The molecule has 2 rings (SSSR count). The average Bonchev–Trinajstić information content (AvgIpc) is 2.54. The Morgan fingerprint density at radius 2 is 2.04 bits per heavy atom. The second-order valence-corrected chi connectivity index (χ2v) is 5.89. The zero-order valence-corrected chi connectivity index (χ0v) is 14.3. The van der Waals surface area contributed by atoms with Gasteiger partial charge in [0, 0.05) is 23.5 Å². The SMILES string of the molecule is Cc1ccc(NC(=O)/C(C#N)=C\NCc2cccc(Cl)c2)c(C)c1. The minimum absolute atomic E-state index is 0.0111. The lowest BCUT2D eigenvalue weighted by molar-refractivity contribution is -0.112. The summed E-state index contributed by atoms with van der Waals surface area (Å²) in [6, 6.07) is 15.0. The quantitative estimate of drug-likeness (QED) is 0.637. The Morgan fingerprint density at radius 1 is 1.25 bits per heavy atom. The molecule has 0 aliphatic carbocycles. The van der Waals surface area contributed by atoms with Gasteiger partial charge in [-0.15, -0.1) is 0 Å². The molecule has 0 heterocycles. The fourth-order valence-corrected chi connectivity index (χ4v) is 2.42. The summed E-state index contributed by atoms with van der Waals surface area (Å²) in [6.45, 7) is 4.37. The molecule has 0 unspecified atom stereocenters. The van der Waals surface area contributed by atoms with Crippen molar-refractivity contribution in [1.29, 1.82) is 5.26 Å². The molecule has 4 nitrogen and oxygen atoms in total. The summed E-state index contributed by atoms with van der Waals surface area (Å²) >= 11 is 5.92. The number of benzene rings is 2. The summed E-state index contributed by atoms with van der Waals surface area (Å²) in [7, 11) is 0. The van der Waals surface area contributed by atoms with E-state index in [9.17, 15) is 10.1 Å². The van der Waals surface area contributed by atoms with Crippen LogP contribution in [0.5, 0.6) is 0 Å². The Kier molecular flexibility index (Phi) is 6.00. The van der Waals surface area contributed by atoms with Crippen molar-refractivity contribution in [2.75, 3.05) is 5.32 Å². The van der Waals surface area contributed by atoms with Gasteiger partial charge in [-0.2, -0.15) is 5.26 Å². The fourth-order valence-electron chi connectivity index (χ4n) is 2.21. The van der Waals surface area contributed by atoms with Crippen molar-refractivity contribution in [1.82, 2.24) is 5.32 Å². The summed E-state index contributed by atoms with van der Waals surface area (Å²) in [5, 5.41) is 15.6. The number of amides is 1. The van der Waals surface area contributed by atoms with Crippen molar-refractivity contribution in [2.45, 2.75) is 20.4 Å². The molecule has 5 heteroatoms. The van der Waals surface area contributed by atoms with Gasteiger partial charge in [0.15, 0.2) is 0 Å². The molecule has 0 bridgehead atoms. The van der Waals surface area contributed by atoms with Gasteiger partial charge < -0.3 is 10.6 Å². The molecule has 0 spiro atoms. The third kappa shape index (κ3) is 4.87. The molecular weight excluding hydrogens is 322 g/mol. The topological polar surface area (TPSA) is 64.9 Å². The normalized spacial score (nSPS) is 10.8. The van der Waals surface area contributed by atoms with Crippen LogP contribution in [-0.2, 0) is 11.3 Å². The number of hydrogen-bond acceptors (Lipinski definition) is 3. The standard InChI is InChI=1S/C19H18ClN3O/c1-13-6-7-18(14(2)8-13)23-19(24)16(10-21)12-22-11-15-4-3-5-17(20)9-15/h3-9,12,22H,11H2,1-2H3,(H,23,24)/b16-12-. The summed E-state index contributed by atoms with van der Waals surface area (Å²) in [5.41, 5.74) is 3.74. The number of nitrogens with one attached hydrogen (secondary N) is 2. The van der Waals surface area contributed by atoms with Crippen molar-refractivity contribution < 1.29 is 4.79 Å². The van der Waals surface area contributed by atoms with Crippen LogP contribution in [0.1, 0.15) is 16.7 Å². The third-order valence-corrected chi connectivity index (χ3v) is 3.67. The van der Waals surface area contributed by atoms with E-state index in [1.54, 1.807) is 6.07 Å².